The predicted octanol–water partition coefficient (Wildman–Crippen LogP) is -1.17. The van der Waals surface area contributed by atoms with Crippen LogP contribution in [0.15, 0.2) is 47.8 Å². The zero-order chi connectivity index (χ0) is 56.8. The van der Waals surface area contributed by atoms with Crippen molar-refractivity contribution in [3.8, 4) is 0 Å². The van der Waals surface area contributed by atoms with E-state index in [1.54, 1.807) is 44.2 Å². The number of unbranched alkanes of at least 4 members (excludes halogenated alkanes) is 1. The maximum absolute atomic E-state index is 14.4. The fraction of sp³-hybridized carbons (Fsp3) is 0.635. The molecule has 2 fully saturated rings. The summed E-state index contributed by atoms with van der Waals surface area (Å²) in [6.45, 7) is 8.60. The molecule has 2 aliphatic heterocycles. The van der Waals surface area contributed by atoms with Crippen molar-refractivity contribution in [3.05, 3.63) is 54.1 Å². The number of aliphatic carboxylic acids is 1. The highest BCUT2D eigenvalue weighted by Crippen LogP contribution is 2.23. The number of hydrogen-bond acceptors (Lipinski definition) is 13. The fourth-order valence-electron chi connectivity index (χ4n) is 9.38. The number of nitrogens with zero attached hydrogens (tertiary/aromatic N) is 4. The van der Waals surface area contributed by atoms with Gasteiger partial charge < -0.3 is 74.1 Å². The van der Waals surface area contributed by atoms with Crippen LogP contribution in [0, 0.1) is 11.8 Å². The first kappa shape index (κ1) is 62.4. The number of likely N-dealkylation sites (tertiary alicyclic amines) is 2. The van der Waals surface area contributed by atoms with Gasteiger partial charge in [-0.2, -0.15) is 0 Å². The van der Waals surface area contributed by atoms with Gasteiger partial charge in [0.05, 0.1) is 19.0 Å². The molecule has 0 radical (unpaired) electrons. The lowest BCUT2D eigenvalue weighted by Crippen LogP contribution is -2.62. The summed E-state index contributed by atoms with van der Waals surface area (Å²) < 4.78 is 0. The summed E-state index contributed by atoms with van der Waals surface area (Å²) in [5.74, 6) is -7.77. The molecule has 2 aliphatic rings. The van der Waals surface area contributed by atoms with Crippen LogP contribution in [0.2, 0.25) is 0 Å². The molecule has 1 aromatic carbocycles. The zero-order valence-corrected chi connectivity index (χ0v) is 45.0. The van der Waals surface area contributed by atoms with Crippen molar-refractivity contribution in [2.75, 3.05) is 26.2 Å². The second-order valence-electron chi connectivity index (χ2n) is 20.6. The highest BCUT2D eigenvalue weighted by molar-refractivity contribution is 5.98. The van der Waals surface area contributed by atoms with Gasteiger partial charge in [0, 0.05) is 44.4 Å². The quantitative estimate of drug-likeness (QED) is 0.0249. The van der Waals surface area contributed by atoms with Crippen LogP contribution in [-0.4, -0.2) is 170 Å². The molecule has 2 aromatic rings. The van der Waals surface area contributed by atoms with Gasteiger partial charge in [0.25, 0.3) is 0 Å². The normalized spacial score (nSPS) is 18.1. The number of benzene rings is 1. The monoisotopic (exact) mass is 1080 g/mol. The number of rotatable bonds is 30. The maximum atomic E-state index is 14.4. The SMILES string of the molecule is CCCC[C@H](N)C(=O)N1CCC[C@H]1C(=O)N[C@@H](CC(C)C)C(=O)N[C@@H](Cc1cnc[nH]1)C(=O)N[C@@H](CO)C(=O)N[C@@H](CCCN=C(N)N)C(=O)N[C@H](C(=O)N1CCCC[C@H]1C(=O)N[C@@H](Cc1ccccc1)C(=O)O)C(C)C. The first-order chi connectivity index (χ1) is 36.6. The zero-order valence-electron chi connectivity index (χ0n) is 45.0. The van der Waals surface area contributed by atoms with Crippen LogP contribution >= 0.6 is 0 Å². The van der Waals surface area contributed by atoms with Crippen LogP contribution in [-0.2, 0) is 56.0 Å². The molecule has 2 saturated heterocycles. The number of aliphatic imine (C=N–C) groups is 1. The van der Waals surface area contributed by atoms with Gasteiger partial charge in [0.15, 0.2) is 5.96 Å². The number of H-pyrrole nitrogens is 1. The molecule has 4 rings (SSSR count). The number of carboxylic acid groups (broad SMARTS) is 1. The molecule has 0 saturated carbocycles. The van der Waals surface area contributed by atoms with Gasteiger partial charge in [-0.15, -0.1) is 0 Å². The van der Waals surface area contributed by atoms with E-state index in [1.165, 1.54) is 22.3 Å². The summed E-state index contributed by atoms with van der Waals surface area (Å²) in [6, 6.07) is -2.06. The number of carbonyl (C=O) groups excluding carboxylic acids is 8. The van der Waals surface area contributed by atoms with Gasteiger partial charge in [-0.1, -0.05) is 77.8 Å². The maximum Gasteiger partial charge on any atom is 0.326 e. The van der Waals surface area contributed by atoms with Gasteiger partial charge in [0.1, 0.15) is 48.3 Å². The van der Waals surface area contributed by atoms with E-state index in [0.29, 0.717) is 49.9 Å². The first-order valence-corrected chi connectivity index (χ1v) is 26.7. The number of carboxylic acids is 1. The molecule has 426 valence electrons. The second kappa shape index (κ2) is 31.2. The molecule has 3 heterocycles. The van der Waals surface area contributed by atoms with Crippen LogP contribution in [0.4, 0.5) is 0 Å². The molecule has 25 nitrogen and oxygen atoms in total. The van der Waals surface area contributed by atoms with E-state index in [-0.39, 0.29) is 69.4 Å². The second-order valence-corrected chi connectivity index (χ2v) is 20.6. The lowest BCUT2D eigenvalue weighted by atomic mass is 9.96. The van der Waals surface area contributed by atoms with Crippen LogP contribution in [0.3, 0.4) is 0 Å². The van der Waals surface area contributed by atoms with Crippen molar-refractivity contribution in [2.24, 2.45) is 34.0 Å². The Bertz CT molecular complexity index is 2310. The smallest absolute Gasteiger partial charge is 0.326 e. The Labute approximate surface area is 449 Å². The molecule has 1 aromatic heterocycles. The molecule has 9 atom stereocenters. The molecule has 15 N–H and O–H groups in total. The Morgan fingerprint density at radius 3 is 1.90 bits per heavy atom. The van der Waals surface area contributed by atoms with E-state index < -0.39 is 114 Å². The van der Waals surface area contributed by atoms with E-state index in [0.717, 1.165) is 12.8 Å². The van der Waals surface area contributed by atoms with Gasteiger partial charge >= 0.3 is 5.97 Å². The highest BCUT2D eigenvalue weighted by Gasteiger charge is 2.41. The molecule has 8 amide bonds. The Kier molecular flexibility index (Phi) is 25.3. The molecule has 0 spiro atoms. The Morgan fingerprint density at radius 2 is 1.30 bits per heavy atom. The summed E-state index contributed by atoms with van der Waals surface area (Å²) >= 11 is 0. The summed E-state index contributed by atoms with van der Waals surface area (Å²) in [7, 11) is 0. The minimum Gasteiger partial charge on any atom is -0.480 e. The standard InChI is InChI=1S/C52H82N14O11/c1-6-7-17-34(53)49(74)65-23-14-20-41(65)47(72)61-36(24-30(2)3)44(69)60-37(26-33-27-56-29-58-33)45(70)63-39(28-67)46(71)59-35(18-13-21-57-52(54)55)43(68)64-42(31(4)5)50(75)66-22-12-11-19-40(66)48(73)62-38(51(76)77)25-32-15-9-8-10-16-32/h8-10,15-16,27,29-31,34-42,67H,6-7,11-14,17-26,28,53H2,1-5H3,(H,56,58)(H,59,71)(H,60,69)(H,61,72)(H,62,73)(H,63,70)(H,64,68)(H,76,77)(H4,54,55,57)/t34-,35-,36-,37-,38-,39-,40-,41-,42-/m0/s1. The molecular weight excluding hydrogens is 997 g/mol. The molecule has 0 unspecified atom stereocenters. The van der Waals surface area contributed by atoms with E-state index >= 15 is 0 Å². The Balaban J connectivity index is 1.51. The number of aromatic nitrogens is 2. The topological polar surface area (TPSA) is 392 Å². The number of nitrogens with one attached hydrogen (secondary N) is 7. The van der Waals surface area contributed by atoms with Crippen LogP contribution < -0.4 is 49.1 Å². The summed E-state index contributed by atoms with van der Waals surface area (Å²) in [5.41, 5.74) is 18.4. The summed E-state index contributed by atoms with van der Waals surface area (Å²) in [6.07, 6.45) is 7.18. The minimum atomic E-state index is -1.69. The highest BCUT2D eigenvalue weighted by atomic mass is 16.4. The summed E-state index contributed by atoms with van der Waals surface area (Å²) in [5, 5.41) is 36.4. The number of aliphatic hydroxyl groups excluding tert-OH is 1. The molecule has 0 aliphatic carbocycles. The molecule has 0 bridgehead atoms. The number of piperidine rings is 1. The average Bonchev–Trinajstić information content (AvgIpc) is 4.12. The van der Waals surface area contributed by atoms with Crippen LogP contribution in [0.25, 0.3) is 0 Å². The van der Waals surface area contributed by atoms with Crippen molar-refractivity contribution in [1.29, 1.82) is 0 Å². The van der Waals surface area contributed by atoms with E-state index in [1.807, 2.05) is 20.8 Å². The van der Waals surface area contributed by atoms with Gasteiger partial charge in [-0.3, -0.25) is 43.3 Å². The van der Waals surface area contributed by atoms with Crippen LogP contribution in [0.5, 0.6) is 0 Å². The predicted molar refractivity (Wildman–Crippen MR) is 285 cm³/mol. The first-order valence-electron chi connectivity index (χ1n) is 26.7. The van der Waals surface area contributed by atoms with E-state index in [4.69, 9.17) is 17.2 Å². The van der Waals surface area contributed by atoms with E-state index in [9.17, 15) is 53.4 Å². The number of imidazole rings is 1. The molecule has 25 heteroatoms. The largest absolute Gasteiger partial charge is 0.480 e. The third kappa shape index (κ3) is 19.4. The lowest BCUT2D eigenvalue weighted by molar-refractivity contribution is -0.148. The van der Waals surface area contributed by atoms with Gasteiger partial charge in [-0.05, 0) is 75.2 Å². The minimum absolute atomic E-state index is 0.00759. The Hall–Kier alpha value is -7.15. The summed E-state index contributed by atoms with van der Waals surface area (Å²) in [4.78, 5) is 138. The van der Waals surface area contributed by atoms with Crippen LogP contribution in [0.1, 0.15) is 117 Å². The average molecular weight is 1080 g/mol. The number of nitrogens with two attached hydrogens (primary N) is 3. The van der Waals surface area contributed by atoms with Crippen molar-refractivity contribution in [3.63, 3.8) is 0 Å². The number of amides is 8. The number of aromatic amines is 1. The van der Waals surface area contributed by atoms with Gasteiger partial charge in [-0.25, -0.2) is 9.78 Å². The number of carbonyl (C=O) groups is 9. The fourth-order valence-corrected chi connectivity index (χ4v) is 9.38. The third-order valence-corrected chi connectivity index (χ3v) is 13.6. The van der Waals surface area contributed by atoms with Crippen molar-refractivity contribution < 1.29 is 53.4 Å². The van der Waals surface area contributed by atoms with Gasteiger partial charge in [0.2, 0.25) is 47.3 Å². The lowest BCUT2D eigenvalue weighted by Gasteiger charge is -2.38. The molecule has 77 heavy (non-hydrogen) atoms. The van der Waals surface area contributed by atoms with E-state index in [2.05, 4.69) is 46.9 Å². The number of hydrogen-bond donors (Lipinski definition) is 12. The number of aliphatic hydroxyl groups is 1. The number of guanidine groups is 1. The third-order valence-electron chi connectivity index (χ3n) is 13.6. The Morgan fingerprint density at radius 1 is 0.714 bits per heavy atom. The van der Waals surface area contributed by atoms with Crippen molar-refractivity contribution in [2.45, 2.75) is 172 Å². The van der Waals surface area contributed by atoms with Crippen molar-refractivity contribution >= 4 is 59.2 Å². The van der Waals surface area contributed by atoms with Crippen molar-refractivity contribution in [1.82, 2.24) is 51.7 Å². The molecular formula is C52H82N14O11.